The van der Waals surface area contributed by atoms with E-state index < -0.39 is 10.9 Å². The highest BCUT2D eigenvalue weighted by molar-refractivity contribution is 5.96. The summed E-state index contributed by atoms with van der Waals surface area (Å²) in [4.78, 5) is 27.2. The van der Waals surface area contributed by atoms with E-state index in [1.54, 1.807) is 41.5 Å². The number of nitro groups is 1. The molecule has 0 bridgehead atoms. The molecule has 30 heavy (non-hydrogen) atoms. The molecule has 0 unspecified atom stereocenters. The Morgan fingerprint density at radius 2 is 1.80 bits per heavy atom. The second-order valence-corrected chi connectivity index (χ2v) is 6.41. The van der Waals surface area contributed by atoms with Gasteiger partial charge in [0.05, 0.1) is 10.6 Å². The average Bonchev–Trinajstić information content (AvgIpc) is 3.25. The van der Waals surface area contributed by atoms with E-state index in [0.29, 0.717) is 22.4 Å². The SMILES string of the molecule is O=C(OCc1ccc([N+](=O)[O-])cc1)c1cn(-c2ccccc2)nc1-c1cccnc1. The lowest BCUT2D eigenvalue weighted by Crippen LogP contribution is -2.06. The lowest BCUT2D eigenvalue weighted by atomic mass is 10.1. The van der Waals surface area contributed by atoms with Crippen LogP contribution in [0.4, 0.5) is 5.69 Å². The zero-order valence-electron chi connectivity index (χ0n) is 15.7. The van der Waals surface area contributed by atoms with Crippen LogP contribution >= 0.6 is 0 Å². The maximum atomic E-state index is 12.8. The zero-order valence-corrected chi connectivity index (χ0v) is 15.7. The predicted molar refractivity (Wildman–Crippen MR) is 109 cm³/mol. The van der Waals surface area contributed by atoms with Gasteiger partial charge in [0.2, 0.25) is 0 Å². The molecule has 0 saturated carbocycles. The van der Waals surface area contributed by atoms with Gasteiger partial charge in [-0.05, 0) is 42.0 Å². The average molecular weight is 400 g/mol. The van der Waals surface area contributed by atoms with Gasteiger partial charge >= 0.3 is 5.97 Å². The third-order valence-electron chi connectivity index (χ3n) is 4.41. The van der Waals surface area contributed by atoms with Crippen molar-refractivity contribution in [1.29, 1.82) is 0 Å². The number of esters is 1. The van der Waals surface area contributed by atoms with Crippen molar-refractivity contribution in [1.82, 2.24) is 14.8 Å². The Labute approximate surface area is 171 Å². The molecule has 0 atom stereocenters. The van der Waals surface area contributed by atoms with Crippen LogP contribution in [0.3, 0.4) is 0 Å². The summed E-state index contributed by atoms with van der Waals surface area (Å²) in [5.41, 5.74) is 2.88. The van der Waals surface area contributed by atoms with Gasteiger partial charge in [-0.15, -0.1) is 0 Å². The molecule has 0 N–H and O–H groups in total. The number of rotatable bonds is 6. The van der Waals surface area contributed by atoms with Crippen molar-refractivity contribution in [2.45, 2.75) is 6.61 Å². The minimum atomic E-state index is -0.547. The van der Waals surface area contributed by atoms with E-state index in [2.05, 4.69) is 10.1 Å². The van der Waals surface area contributed by atoms with Gasteiger partial charge in [0.25, 0.3) is 5.69 Å². The normalized spacial score (nSPS) is 10.5. The summed E-state index contributed by atoms with van der Waals surface area (Å²) in [6.07, 6.45) is 4.89. The maximum absolute atomic E-state index is 12.8. The van der Waals surface area contributed by atoms with Crippen LogP contribution in [-0.4, -0.2) is 25.7 Å². The highest BCUT2D eigenvalue weighted by Gasteiger charge is 2.20. The molecule has 2 aromatic carbocycles. The monoisotopic (exact) mass is 400 g/mol. The van der Waals surface area contributed by atoms with Crippen molar-refractivity contribution < 1.29 is 14.5 Å². The number of non-ortho nitro benzene ring substituents is 1. The molecule has 8 nitrogen and oxygen atoms in total. The fraction of sp³-hybridized carbons (Fsp3) is 0.0455. The maximum Gasteiger partial charge on any atom is 0.342 e. The number of para-hydroxylation sites is 1. The van der Waals surface area contributed by atoms with Crippen LogP contribution in [0, 0.1) is 10.1 Å². The molecule has 0 radical (unpaired) electrons. The van der Waals surface area contributed by atoms with Gasteiger partial charge in [-0.2, -0.15) is 5.10 Å². The molecule has 0 fully saturated rings. The summed E-state index contributed by atoms with van der Waals surface area (Å²) in [5, 5.41) is 15.3. The summed E-state index contributed by atoms with van der Waals surface area (Å²) >= 11 is 0. The number of benzene rings is 2. The van der Waals surface area contributed by atoms with Crippen molar-refractivity contribution in [2.75, 3.05) is 0 Å². The third-order valence-corrected chi connectivity index (χ3v) is 4.41. The fourth-order valence-corrected chi connectivity index (χ4v) is 2.89. The van der Waals surface area contributed by atoms with Gasteiger partial charge in [0.15, 0.2) is 0 Å². The van der Waals surface area contributed by atoms with Crippen LogP contribution in [-0.2, 0) is 11.3 Å². The molecule has 0 amide bonds. The van der Waals surface area contributed by atoms with Crippen LogP contribution in [0.15, 0.2) is 85.3 Å². The van der Waals surface area contributed by atoms with Crippen molar-refractivity contribution in [2.24, 2.45) is 0 Å². The summed E-state index contributed by atoms with van der Waals surface area (Å²) in [6.45, 7) is -0.0141. The highest BCUT2D eigenvalue weighted by atomic mass is 16.6. The van der Waals surface area contributed by atoms with Crippen LogP contribution < -0.4 is 0 Å². The van der Waals surface area contributed by atoms with Crippen molar-refractivity contribution in [3.8, 4) is 16.9 Å². The number of hydrogen-bond donors (Lipinski definition) is 0. The summed E-state index contributed by atoms with van der Waals surface area (Å²) in [5.74, 6) is -0.547. The number of nitrogens with zero attached hydrogens (tertiary/aromatic N) is 4. The van der Waals surface area contributed by atoms with Gasteiger partial charge in [0.1, 0.15) is 17.9 Å². The molecule has 148 valence electrons. The molecule has 0 spiro atoms. The van der Waals surface area contributed by atoms with Crippen molar-refractivity contribution in [3.63, 3.8) is 0 Å². The first-order chi connectivity index (χ1) is 14.6. The van der Waals surface area contributed by atoms with Crippen LogP contribution in [0.1, 0.15) is 15.9 Å². The van der Waals surface area contributed by atoms with Gasteiger partial charge in [0, 0.05) is 36.3 Å². The van der Waals surface area contributed by atoms with E-state index in [9.17, 15) is 14.9 Å². The standard InChI is InChI=1S/C22H16N4O4/c27-22(30-15-16-8-10-19(11-9-16)26(28)29)20-14-25(18-6-2-1-3-7-18)24-21(20)17-5-4-12-23-13-17/h1-14H,15H2. The number of carbonyl (C=O) groups is 1. The molecule has 2 aromatic heterocycles. The quantitative estimate of drug-likeness (QED) is 0.273. The second-order valence-electron chi connectivity index (χ2n) is 6.41. The molecule has 0 aliphatic heterocycles. The van der Waals surface area contributed by atoms with Gasteiger partial charge in [-0.1, -0.05) is 18.2 Å². The third kappa shape index (κ3) is 4.07. The number of nitro benzene ring substituents is 1. The summed E-state index contributed by atoms with van der Waals surface area (Å²) in [6, 6.07) is 18.9. The van der Waals surface area contributed by atoms with E-state index >= 15 is 0 Å². The number of aromatic nitrogens is 3. The van der Waals surface area contributed by atoms with Gasteiger partial charge < -0.3 is 4.74 Å². The number of hydrogen-bond acceptors (Lipinski definition) is 6. The largest absolute Gasteiger partial charge is 0.457 e. The molecule has 8 heteroatoms. The van der Waals surface area contributed by atoms with Gasteiger partial charge in [-0.3, -0.25) is 15.1 Å². The Morgan fingerprint density at radius 1 is 1.03 bits per heavy atom. The zero-order chi connectivity index (χ0) is 20.9. The lowest BCUT2D eigenvalue weighted by Gasteiger charge is -2.05. The first-order valence-corrected chi connectivity index (χ1v) is 9.08. The summed E-state index contributed by atoms with van der Waals surface area (Å²) < 4.78 is 7.06. The van der Waals surface area contributed by atoms with E-state index in [0.717, 1.165) is 5.69 Å². The highest BCUT2D eigenvalue weighted by Crippen LogP contribution is 2.24. The Bertz CT molecular complexity index is 1170. The summed E-state index contributed by atoms with van der Waals surface area (Å²) in [7, 11) is 0. The molecule has 0 aliphatic rings. The van der Waals surface area contributed by atoms with Crippen molar-refractivity contribution in [3.05, 3.63) is 107 Å². The first kappa shape index (κ1) is 19.0. The number of carbonyl (C=O) groups excluding carboxylic acids is 1. The van der Waals surface area contributed by atoms with Crippen LogP contribution in [0.2, 0.25) is 0 Å². The van der Waals surface area contributed by atoms with E-state index in [4.69, 9.17) is 4.74 Å². The molecule has 0 saturated heterocycles. The van der Waals surface area contributed by atoms with Crippen molar-refractivity contribution >= 4 is 11.7 Å². The number of ether oxygens (including phenoxy) is 1. The van der Waals surface area contributed by atoms with E-state index in [1.807, 2.05) is 36.4 Å². The van der Waals surface area contributed by atoms with Gasteiger partial charge in [-0.25, -0.2) is 9.48 Å². The second kappa shape index (κ2) is 8.36. The first-order valence-electron chi connectivity index (χ1n) is 9.08. The van der Waals surface area contributed by atoms with Crippen LogP contribution in [0.5, 0.6) is 0 Å². The predicted octanol–water partition coefficient (Wildman–Crippen LogP) is 4.20. The lowest BCUT2D eigenvalue weighted by molar-refractivity contribution is -0.384. The smallest absolute Gasteiger partial charge is 0.342 e. The van der Waals surface area contributed by atoms with Crippen LogP contribution in [0.25, 0.3) is 16.9 Å². The van der Waals surface area contributed by atoms with E-state index in [-0.39, 0.29) is 12.3 Å². The Kier molecular flexibility index (Phi) is 5.29. The minimum Gasteiger partial charge on any atom is -0.457 e. The minimum absolute atomic E-state index is 0.0141. The molecular formula is C22H16N4O4. The molecule has 4 rings (SSSR count). The molecule has 4 aromatic rings. The topological polar surface area (TPSA) is 100 Å². The van der Waals surface area contributed by atoms with E-state index in [1.165, 1.54) is 12.1 Å². The Morgan fingerprint density at radius 3 is 2.47 bits per heavy atom. The number of pyridine rings is 1. The molecule has 0 aliphatic carbocycles. The molecule has 2 heterocycles. The Hall–Kier alpha value is -4.33. The fourth-order valence-electron chi connectivity index (χ4n) is 2.89. The Balaban J connectivity index is 1.60. The molecular weight excluding hydrogens is 384 g/mol.